The molecule has 0 aliphatic heterocycles. The van der Waals surface area contributed by atoms with E-state index >= 15 is 0 Å². The predicted octanol–water partition coefficient (Wildman–Crippen LogP) is 3.21. The highest BCUT2D eigenvalue weighted by Crippen LogP contribution is 2.28. The zero-order chi connectivity index (χ0) is 12.8. The standard InChI is InChI=1S/C15H27N3/c1-3-9-18-10-8-17-15(18)12-16-11-14-7-5-4-6-13(14)2/h8,10,13-14,16H,3-7,9,11-12H2,1-2H3. The molecule has 1 N–H and O–H groups in total. The summed E-state index contributed by atoms with van der Waals surface area (Å²) in [6.07, 6.45) is 10.8. The van der Waals surface area contributed by atoms with E-state index in [1.165, 1.54) is 37.9 Å². The average Bonchev–Trinajstić information content (AvgIpc) is 2.80. The maximum absolute atomic E-state index is 4.44. The van der Waals surface area contributed by atoms with Gasteiger partial charge in [0.25, 0.3) is 0 Å². The van der Waals surface area contributed by atoms with Gasteiger partial charge in [-0.3, -0.25) is 0 Å². The van der Waals surface area contributed by atoms with Crippen LogP contribution in [0.4, 0.5) is 0 Å². The quantitative estimate of drug-likeness (QED) is 0.839. The molecular weight excluding hydrogens is 222 g/mol. The molecule has 1 heterocycles. The molecule has 2 unspecified atom stereocenters. The van der Waals surface area contributed by atoms with Gasteiger partial charge in [-0.1, -0.05) is 33.1 Å². The minimum atomic E-state index is 0.869. The van der Waals surface area contributed by atoms with Gasteiger partial charge in [-0.25, -0.2) is 4.98 Å². The van der Waals surface area contributed by atoms with E-state index in [1.807, 2.05) is 6.20 Å². The molecule has 3 heteroatoms. The molecule has 1 fully saturated rings. The van der Waals surface area contributed by atoms with E-state index in [0.717, 1.165) is 31.5 Å². The highest BCUT2D eigenvalue weighted by Gasteiger charge is 2.20. The van der Waals surface area contributed by atoms with E-state index in [-0.39, 0.29) is 0 Å². The summed E-state index contributed by atoms with van der Waals surface area (Å²) in [5, 5.41) is 3.60. The van der Waals surface area contributed by atoms with E-state index in [0.29, 0.717) is 0 Å². The number of imidazole rings is 1. The van der Waals surface area contributed by atoms with E-state index < -0.39 is 0 Å². The Morgan fingerprint density at radius 3 is 3.00 bits per heavy atom. The Morgan fingerprint density at radius 1 is 1.39 bits per heavy atom. The molecule has 1 saturated carbocycles. The summed E-state index contributed by atoms with van der Waals surface area (Å²) in [6, 6.07) is 0. The molecule has 102 valence electrons. The highest BCUT2D eigenvalue weighted by atomic mass is 15.1. The fourth-order valence-electron chi connectivity index (χ4n) is 3.02. The van der Waals surface area contributed by atoms with E-state index in [2.05, 4.69) is 34.9 Å². The molecule has 18 heavy (non-hydrogen) atoms. The van der Waals surface area contributed by atoms with Crippen molar-refractivity contribution >= 4 is 0 Å². The van der Waals surface area contributed by atoms with Gasteiger partial charge in [-0.2, -0.15) is 0 Å². The van der Waals surface area contributed by atoms with Crippen LogP contribution in [-0.4, -0.2) is 16.1 Å². The van der Waals surface area contributed by atoms with Gasteiger partial charge in [0.1, 0.15) is 5.82 Å². The zero-order valence-corrected chi connectivity index (χ0v) is 11.9. The number of aromatic nitrogens is 2. The normalized spacial score (nSPS) is 24.3. The predicted molar refractivity (Wildman–Crippen MR) is 75.3 cm³/mol. The van der Waals surface area contributed by atoms with Gasteiger partial charge in [0.2, 0.25) is 0 Å². The maximum atomic E-state index is 4.44. The van der Waals surface area contributed by atoms with Crippen LogP contribution in [0.25, 0.3) is 0 Å². The lowest BCUT2D eigenvalue weighted by Crippen LogP contribution is -2.29. The lowest BCUT2D eigenvalue weighted by atomic mass is 9.80. The van der Waals surface area contributed by atoms with Crippen molar-refractivity contribution in [2.24, 2.45) is 11.8 Å². The van der Waals surface area contributed by atoms with Crippen LogP contribution in [0.1, 0.15) is 51.8 Å². The molecule has 2 rings (SSSR count). The first kappa shape index (κ1) is 13.6. The summed E-state index contributed by atoms with van der Waals surface area (Å²) in [5.41, 5.74) is 0. The van der Waals surface area contributed by atoms with Crippen molar-refractivity contribution in [2.45, 2.75) is 59.0 Å². The molecule has 1 aliphatic carbocycles. The molecule has 1 aromatic rings. The second-order valence-corrected chi connectivity index (χ2v) is 5.69. The molecule has 1 aliphatic rings. The summed E-state index contributed by atoms with van der Waals surface area (Å²) < 4.78 is 2.26. The largest absolute Gasteiger partial charge is 0.334 e. The number of hydrogen-bond donors (Lipinski definition) is 1. The monoisotopic (exact) mass is 249 g/mol. The van der Waals surface area contributed by atoms with Gasteiger partial charge < -0.3 is 9.88 Å². The van der Waals surface area contributed by atoms with Crippen molar-refractivity contribution in [3.63, 3.8) is 0 Å². The zero-order valence-electron chi connectivity index (χ0n) is 11.9. The molecule has 2 atom stereocenters. The Morgan fingerprint density at radius 2 is 2.22 bits per heavy atom. The third kappa shape index (κ3) is 3.58. The summed E-state index contributed by atoms with van der Waals surface area (Å²) in [4.78, 5) is 4.44. The lowest BCUT2D eigenvalue weighted by Gasteiger charge is -2.28. The summed E-state index contributed by atoms with van der Waals surface area (Å²) in [7, 11) is 0. The summed E-state index contributed by atoms with van der Waals surface area (Å²) in [5.74, 6) is 2.94. The van der Waals surface area contributed by atoms with Crippen LogP contribution < -0.4 is 5.32 Å². The van der Waals surface area contributed by atoms with Gasteiger partial charge in [0.05, 0.1) is 6.54 Å². The lowest BCUT2D eigenvalue weighted by molar-refractivity contribution is 0.247. The second kappa shape index (κ2) is 6.93. The number of nitrogens with one attached hydrogen (secondary N) is 1. The Kier molecular flexibility index (Phi) is 5.24. The Balaban J connectivity index is 1.75. The van der Waals surface area contributed by atoms with E-state index in [1.54, 1.807) is 0 Å². The summed E-state index contributed by atoms with van der Waals surface area (Å²) in [6.45, 7) is 7.76. The smallest absolute Gasteiger partial charge is 0.122 e. The number of nitrogens with zero attached hydrogens (tertiary/aromatic N) is 2. The van der Waals surface area contributed by atoms with Crippen molar-refractivity contribution < 1.29 is 0 Å². The minimum Gasteiger partial charge on any atom is -0.334 e. The third-order valence-electron chi connectivity index (χ3n) is 4.24. The van der Waals surface area contributed by atoms with Crippen molar-refractivity contribution in [3.8, 4) is 0 Å². The van der Waals surface area contributed by atoms with Crippen LogP contribution in [0.15, 0.2) is 12.4 Å². The molecule has 0 saturated heterocycles. The number of rotatable bonds is 6. The van der Waals surface area contributed by atoms with Gasteiger partial charge in [-0.15, -0.1) is 0 Å². The van der Waals surface area contributed by atoms with Gasteiger partial charge >= 0.3 is 0 Å². The fraction of sp³-hybridized carbons (Fsp3) is 0.800. The molecule has 0 radical (unpaired) electrons. The Bertz CT molecular complexity index is 345. The maximum Gasteiger partial charge on any atom is 0.122 e. The van der Waals surface area contributed by atoms with Gasteiger partial charge in [-0.05, 0) is 31.2 Å². The Labute approximate surface area is 111 Å². The first-order chi connectivity index (χ1) is 8.81. The molecule has 3 nitrogen and oxygen atoms in total. The van der Waals surface area contributed by atoms with Crippen LogP contribution in [-0.2, 0) is 13.1 Å². The Hall–Kier alpha value is -0.830. The van der Waals surface area contributed by atoms with Crippen LogP contribution in [0, 0.1) is 11.8 Å². The molecule has 0 amide bonds. The fourth-order valence-corrected chi connectivity index (χ4v) is 3.02. The first-order valence-corrected chi connectivity index (χ1v) is 7.52. The molecule has 1 aromatic heterocycles. The van der Waals surface area contributed by atoms with Gasteiger partial charge in [0.15, 0.2) is 0 Å². The highest BCUT2D eigenvalue weighted by molar-refractivity contribution is 4.92. The van der Waals surface area contributed by atoms with E-state index in [4.69, 9.17) is 0 Å². The molecule has 0 bridgehead atoms. The minimum absolute atomic E-state index is 0.869. The van der Waals surface area contributed by atoms with Crippen molar-refractivity contribution in [1.29, 1.82) is 0 Å². The summed E-state index contributed by atoms with van der Waals surface area (Å²) >= 11 is 0. The van der Waals surface area contributed by atoms with Crippen molar-refractivity contribution in [2.75, 3.05) is 6.54 Å². The second-order valence-electron chi connectivity index (χ2n) is 5.69. The van der Waals surface area contributed by atoms with Crippen LogP contribution >= 0.6 is 0 Å². The van der Waals surface area contributed by atoms with Crippen LogP contribution in [0.3, 0.4) is 0 Å². The topological polar surface area (TPSA) is 29.9 Å². The van der Waals surface area contributed by atoms with Crippen molar-refractivity contribution in [3.05, 3.63) is 18.2 Å². The van der Waals surface area contributed by atoms with Crippen molar-refractivity contribution in [1.82, 2.24) is 14.9 Å². The number of aryl methyl sites for hydroxylation is 1. The average molecular weight is 249 g/mol. The number of hydrogen-bond acceptors (Lipinski definition) is 2. The molecular formula is C15H27N3. The van der Waals surface area contributed by atoms with Crippen LogP contribution in [0.2, 0.25) is 0 Å². The SMILES string of the molecule is CCCn1ccnc1CNCC1CCCCC1C. The van der Waals surface area contributed by atoms with Crippen LogP contribution in [0.5, 0.6) is 0 Å². The molecule has 0 aromatic carbocycles. The molecule has 0 spiro atoms. The first-order valence-electron chi connectivity index (χ1n) is 7.52. The third-order valence-corrected chi connectivity index (χ3v) is 4.24. The van der Waals surface area contributed by atoms with Gasteiger partial charge in [0, 0.05) is 18.9 Å². The van der Waals surface area contributed by atoms with E-state index in [9.17, 15) is 0 Å².